The van der Waals surface area contributed by atoms with Crippen molar-refractivity contribution in [1.29, 1.82) is 0 Å². The van der Waals surface area contributed by atoms with Crippen LogP contribution in [0.3, 0.4) is 0 Å². The van der Waals surface area contributed by atoms with Gasteiger partial charge in [0, 0.05) is 42.6 Å². The van der Waals surface area contributed by atoms with Crippen LogP contribution in [0.4, 0.5) is 24.7 Å². The average molecular weight is 484 g/mol. The molecular weight excluding hydrogens is 451 g/mol. The lowest BCUT2D eigenvalue weighted by atomic mass is 9.77. The first-order valence-corrected chi connectivity index (χ1v) is 12.3. The van der Waals surface area contributed by atoms with Crippen molar-refractivity contribution in [3.8, 4) is 0 Å². The Hall–Kier alpha value is -2.87. The van der Waals surface area contributed by atoms with Crippen molar-refractivity contribution in [2.45, 2.75) is 45.8 Å². The van der Waals surface area contributed by atoms with Gasteiger partial charge in [-0.15, -0.1) is 5.10 Å². The van der Waals surface area contributed by atoms with Crippen molar-refractivity contribution in [3.05, 3.63) is 58.8 Å². The Balaban J connectivity index is 1.38. The Morgan fingerprint density at radius 2 is 1.71 bits per heavy atom. The molecule has 5 nitrogen and oxygen atoms in total. The van der Waals surface area contributed by atoms with E-state index in [1.54, 1.807) is 6.07 Å². The minimum Gasteiger partial charge on any atom is -0.371 e. The first kappa shape index (κ1) is 23.9. The number of halogens is 3. The fourth-order valence-corrected chi connectivity index (χ4v) is 5.77. The maximum Gasteiger partial charge on any atom is 0.416 e. The van der Waals surface area contributed by atoms with Gasteiger partial charge in [0.25, 0.3) is 0 Å². The number of piperidine rings is 1. The zero-order chi connectivity index (χ0) is 24.8. The summed E-state index contributed by atoms with van der Waals surface area (Å²) < 4.78 is 40.0. The third-order valence-electron chi connectivity index (χ3n) is 7.96. The highest BCUT2D eigenvalue weighted by atomic mass is 19.4. The van der Waals surface area contributed by atoms with E-state index in [9.17, 15) is 13.2 Å². The smallest absolute Gasteiger partial charge is 0.371 e. The quantitative estimate of drug-likeness (QED) is 0.508. The molecule has 0 bridgehead atoms. The molecule has 0 radical (unpaired) electrons. The molecule has 3 heterocycles. The van der Waals surface area contributed by atoms with Gasteiger partial charge in [-0.1, -0.05) is 18.2 Å². The number of hydrogen-bond donors (Lipinski definition) is 1. The van der Waals surface area contributed by atoms with Gasteiger partial charge in [0.1, 0.15) is 0 Å². The maximum absolute atomic E-state index is 13.3. The fourth-order valence-electron chi connectivity index (χ4n) is 5.77. The number of aryl methyl sites for hydroxylation is 1. The van der Waals surface area contributed by atoms with Crippen molar-refractivity contribution in [1.82, 2.24) is 15.1 Å². The highest BCUT2D eigenvalue weighted by Crippen LogP contribution is 2.41. The van der Waals surface area contributed by atoms with Gasteiger partial charge < -0.3 is 15.1 Å². The summed E-state index contributed by atoms with van der Waals surface area (Å²) >= 11 is 0. The van der Waals surface area contributed by atoms with Crippen LogP contribution in [0, 0.1) is 19.3 Å². The molecule has 0 amide bonds. The summed E-state index contributed by atoms with van der Waals surface area (Å²) in [6.45, 7) is 8.13. The summed E-state index contributed by atoms with van der Waals surface area (Å²) in [6.07, 6.45) is -0.689. The van der Waals surface area contributed by atoms with E-state index in [2.05, 4.69) is 50.6 Å². The summed E-state index contributed by atoms with van der Waals surface area (Å²) in [4.78, 5) is 4.89. The summed E-state index contributed by atoms with van der Waals surface area (Å²) in [6, 6.07) is 10.7. The predicted octanol–water partition coefficient (Wildman–Crippen LogP) is 5.80. The van der Waals surface area contributed by atoms with Gasteiger partial charge >= 0.3 is 6.18 Å². The molecule has 1 aromatic heterocycles. The van der Waals surface area contributed by atoms with Gasteiger partial charge in [-0.05, 0) is 81.4 Å². The topological polar surface area (TPSA) is 44.3 Å². The van der Waals surface area contributed by atoms with Crippen LogP contribution in [0.1, 0.15) is 41.6 Å². The standard InChI is InChI=1S/C27H32F3N5/c1-18-20(5-4-6-24(18)27(28,29)30)16-31-25-23-15-21(7-8-22(23)19(2)32-33-25)35-13-10-26(11-14-35)9-12-34(3)17-26/h4-8,15H,9-14,16-17H2,1-3H3,(H,31,33). The second-order valence-corrected chi connectivity index (χ2v) is 10.3. The Labute approximate surface area is 204 Å². The third-order valence-corrected chi connectivity index (χ3v) is 7.96. The average Bonchev–Trinajstić information content (AvgIpc) is 3.18. The van der Waals surface area contributed by atoms with Crippen LogP contribution in [0.15, 0.2) is 36.4 Å². The normalized spacial score (nSPS) is 18.5. The van der Waals surface area contributed by atoms with Crippen LogP contribution in [-0.4, -0.2) is 48.3 Å². The van der Waals surface area contributed by atoms with Crippen LogP contribution < -0.4 is 10.2 Å². The molecule has 0 saturated carbocycles. The van der Waals surface area contributed by atoms with Crippen molar-refractivity contribution in [2.75, 3.05) is 43.4 Å². The van der Waals surface area contributed by atoms with Crippen LogP contribution in [0.2, 0.25) is 0 Å². The highest BCUT2D eigenvalue weighted by molar-refractivity contribution is 5.95. The van der Waals surface area contributed by atoms with Crippen molar-refractivity contribution < 1.29 is 13.2 Å². The van der Waals surface area contributed by atoms with Gasteiger partial charge in [0.2, 0.25) is 0 Å². The number of likely N-dealkylation sites (tertiary alicyclic amines) is 1. The summed E-state index contributed by atoms with van der Waals surface area (Å²) in [5, 5.41) is 13.9. The third kappa shape index (κ3) is 4.68. The Morgan fingerprint density at radius 3 is 2.40 bits per heavy atom. The number of rotatable bonds is 4. The zero-order valence-corrected chi connectivity index (χ0v) is 20.5. The number of alkyl halides is 3. The van der Waals surface area contributed by atoms with E-state index in [1.165, 1.54) is 45.3 Å². The molecule has 1 N–H and O–H groups in total. The summed E-state index contributed by atoms with van der Waals surface area (Å²) in [5.41, 5.74) is 2.67. The minimum atomic E-state index is -4.37. The van der Waals surface area contributed by atoms with Gasteiger partial charge in [-0.25, -0.2) is 0 Å². The number of nitrogens with zero attached hydrogens (tertiary/aromatic N) is 4. The van der Waals surface area contributed by atoms with E-state index in [-0.39, 0.29) is 12.1 Å². The molecule has 35 heavy (non-hydrogen) atoms. The Morgan fingerprint density at radius 1 is 0.971 bits per heavy atom. The lowest BCUT2D eigenvalue weighted by Crippen LogP contribution is -2.41. The summed E-state index contributed by atoms with van der Waals surface area (Å²) in [5.74, 6) is 0.593. The maximum atomic E-state index is 13.3. The number of nitrogens with one attached hydrogen (secondary N) is 1. The van der Waals surface area contributed by atoms with E-state index in [0.29, 0.717) is 16.8 Å². The van der Waals surface area contributed by atoms with Crippen molar-refractivity contribution in [2.24, 2.45) is 5.41 Å². The lowest BCUT2D eigenvalue weighted by molar-refractivity contribution is -0.138. The number of fused-ring (bicyclic) bond motifs is 1. The molecule has 2 aliphatic rings. The molecule has 5 rings (SSSR count). The van der Waals surface area contributed by atoms with Crippen molar-refractivity contribution in [3.63, 3.8) is 0 Å². The first-order chi connectivity index (χ1) is 16.7. The molecule has 2 aromatic carbocycles. The predicted molar refractivity (Wildman–Crippen MR) is 134 cm³/mol. The molecule has 3 aromatic rings. The van der Waals surface area contributed by atoms with Crippen LogP contribution in [0.5, 0.6) is 0 Å². The largest absolute Gasteiger partial charge is 0.416 e. The van der Waals surface area contributed by atoms with Crippen LogP contribution in [-0.2, 0) is 12.7 Å². The molecule has 0 unspecified atom stereocenters. The number of anilines is 2. The van der Waals surface area contributed by atoms with E-state index in [1.807, 2.05) is 6.92 Å². The Kier molecular flexibility index (Phi) is 6.11. The minimum absolute atomic E-state index is 0.234. The second-order valence-electron chi connectivity index (χ2n) is 10.3. The van der Waals surface area contributed by atoms with Gasteiger partial charge in [-0.2, -0.15) is 18.3 Å². The molecule has 1 spiro atoms. The molecule has 2 fully saturated rings. The molecule has 2 saturated heterocycles. The fraction of sp³-hybridized carbons (Fsp3) is 0.481. The van der Waals surface area contributed by atoms with Gasteiger partial charge in [-0.3, -0.25) is 0 Å². The van der Waals surface area contributed by atoms with E-state index < -0.39 is 11.7 Å². The molecule has 0 atom stereocenters. The molecule has 8 heteroatoms. The monoisotopic (exact) mass is 483 g/mol. The first-order valence-electron chi connectivity index (χ1n) is 12.3. The second kappa shape index (κ2) is 8.97. The number of hydrogen-bond acceptors (Lipinski definition) is 5. The lowest BCUT2D eigenvalue weighted by Gasteiger charge is -2.40. The molecule has 186 valence electrons. The molecule has 0 aliphatic carbocycles. The SMILES string of the molecule is Cc1c(CNc2nnc(C)c3ccc(N4CCC5(CCN(C)C5)CC4)cc23)cccc1C(F)(F)F. The zero-order valence-electron chi connectivity index (χ0n) is 20.5. The number of benzene rings is 2. The molecule has 2 aliphatic heterocycles. The van der Waals surface area contributed by atoms with E-state index in [4.69, 9.17) is 0 Å². The van der Waals surface area contributed by atoms with Gasteiger partial charge in [0.15, 0.2) is 5.82 Å². The summed E-state index contributed by atoms with van der Waals surface area (Å²) in [7, 11) is 2.21. The number of aromatic nitrogens is 2. The van der Waals surface area contributed by atoms with Crippen LogP contribution >= 0.6 is 0 Å². The Bertz CT molecular complexity index is 1230. The van der Waals surface area contributed by atoms with E-state index >= 15 is 0 Å². The van der Waals surface area contributed by atoms with E-state index in [0.717, 1.165) is 41.3 Å². The van der Waals surface area contributed by atoms with Gasteiger partial charge in [0.05, 0.1) is 11.3 Å². The molecular formula is C27H32F3N5. The van der Waals surface area contributed by atoms with Crippen LogP contribution in [0.25, 0.3) is 10.8 Å². The highest BCUT2D eigenvalue weighted by Gasteiger charge is 2.39. The van der Waals surface area contributed by atoms with Crippen molar-refractivity contribution >= 4 is 22.3 Å².